The Balaban J connectivity index is 1.98. The third-order valence-electron chi connectivity index (χ3n) is 3.77. The molecule has 0 heterocycles. The molecular weight excluding hydrogens is 279 g/mol. The molecule has 0 unspecified atom stereocenters. The fourth-order valence-electron chi connectivity index (χ4n) is 2.67. The van der Waals surface area contributed by atoms with Crippen molar-refractivity contribution in [1.82, 2.24) is 0 Å². The Kier molecular flexibility index (Phi) is 4.91. The van der Waals surface area contributed by atoms with Crippen molar-refractivity contribution >= 4 is 15.6 Å². The second-order valence-corrected chi connectivity index (χ2v) is 7.66. The molecule has 0 bridgehead atoms. The molecule has 0 N–H and O–H groups in total. The van der Waals surface area contributed by atoms with Crippen LogP contribution in [0.5, 0.6) is 0 Å². The van der Waals surface area contributed by atoms with Crippen LogP contribution >= 0.6 is 0 Å². The van der Waals surface area contributed by atoms with Gasteiger partial charge in [0.2, 0.25) is 0 Å². The molecule has 1 saturated carbocycles. The number of benzene rings is 1. The highest BCUT2D eigenvalue weighted by molar-refractivity contribution is 7.92. The highest BCUT2D eigenvalue weighted by Crippen LogP contribution is 2.24. The lowest BCUT2D eigenvalue weighted by molar-refractivity contribution is -0.116. The first-order chi connectivity index (χ1) is 9.49. The zero-order valence-electron chi connectivity index (χ0n) is 11.3. The van der Waals surface area contributed by atoms with E-state index in [2.05, 4.69) is 0 Å². The lowest BCUT2D eigenvalue weighted by Gasteiger charge is -2.21. The molecule has 1 aromatic rings. The summed E-state index contributed by atoms with van der Waals surface area (Å²) in [6, 6.07) is 5.97. The van der Waals surface area contributed by atoms with E-state index in [1.807, 2.05) is 0 Å². The van der Waals surface area contributed by atoms with Gasteiger partial charge in [-0.05, 0) is 24.5 Å². The molecule has 1 aliphatic carbocycles. The normalized spacial score (nSPS) is 17.1. The molecule has 5 heteroatoms. The maximum absolute atomic E-state index is 13.4. The molecule has 0 spiro atoms. The van der Waals surface area contributed by atoms with E-state index in [1.54, 1.807) is 12.1 Å². The molecule has 0 aromatic heterocycles. The molecule has 2 rings (SSSR count). The molecule has 3 nitrogen and oxygen atoms in total. The van der Waals surface area contributed by atoms with E-state index in [1.165, 1.54) is 12.1 Å². The van der Waals surface area contributed by atoms with Crippen LogP contribution in [-0.2, 0) is 21.1 Å². The molecule has 1 fully saturated rings. The second-order valence-electron chi connectivity index (χ2n) is 5.37. The molecule has 1 aliphatic rings. The minimum atomic E-state index is -3.39. The fraction of sp³-hybridized carbons (Fsp3) is 0.533. The van der Waals surface area contributed by atoms with Gasteiger partial charge in [0.1, 0.15) is 11.6 Å². The van der Waals surface area contributed by atoms with Crippen molar-refractivity contribution in [2.75, 3.05) is 5.75 Å². The molecule has 110 valence electrons. The van der Waals surface area contributed by atoms with Crippen LogP contribution in [0.3, 0.4) is 0 Å². The van der Waals surface area contributed by atoms with Crippen molar-refractivity contribution in [3.05, 3.63) is 35.6 Å². The van der Waals surface area contributed by atoms with Gasteiger partial charge < -0.3 is 0 Å². The predicted molar refractivity (Wildman–Crippen MR) is 75.8 cm³/mol. The Morgan fingerprint density at radius 2 is 1.80 bits per heavy atom. The molecule has 0 aliphatic heterocycles. The van der Waals surface area contributed by atoms with E-state index < -0.39 is 27.2 Å². The van der Waals surface area contributed by atoms with E-state index >= 15 is 0 Å². The van der Waals surface area contributed by atoms with Crippen molar-refractivity contribution < 1.29 is 17.6 Å². The van der Waals surface area contributed by atoms with Crippen LogP contribution in [0.4, 0.5) is 4.39 Å². The highest BCUT2D eigenvalue weighted by Gasteiger charge is 2.29. The van der Waals surface area contributed by atoms with Gasteiger partial charge in [-0.1, -0.05) is 37.5 Å². The van der Waals surface area contributed by atoms with E-state index in [-0.39, 0.29) is 17.2 Å². The van der Waals surface area contributed by atoms with Gasteiger partial charge in [-0.3, -0.25) is 4.79 Å². The first-order valence-electron chi connectivity index (χ1n) is 6.96. The van der Waals surface area contributed by atoms with Crippen LogP contribution in [0.15, 0.2) is 24.3 Å². The molecule has 0 atom stereocenters. The first kappa shape index (κ1) is 15.2. The van der Waals surface area contributed by atoms with Gasteiger partial charge in [0, 0.05) is 6.42 Å². The van der Waals surface area contributed by atoms with Crippen LogP contribution in [0.1, 0.15) is 37.7 Å². The maximum Gasteiger partial charge on any atom is 0.160 e. The summed E-state index contributed by atoms with van der Waals surface area (Å²) in [5.74, 6) is -1.36. The molecule has 0 amide bonds. The zero-order chi connectivity index (χ0) is 14.6. The summed E-state index contributed by atoms with van der Waals surface area (Å²) in [4.78, 5) is 11.9. The summed E-state index contributed by atoms with van der Waals surface area (Å²) >= 11 is 0. The fourth-order valence-corrected chi connectivity index (χ4v) is 4.51. The van der Waals surface area contributed by atoms with Gasteiger partial charge in [-0.25, -0.2) is 12.8 Å². The van der Waals surface area contributed by atoms with Gasteiger partial charge in [-0.2, -0.15) is 0 Å². The van der Waals surface area contributed by atoms with Crippen molar-refractivity contribution in [3.63, 3.8) is 0 Å². The van der Waals surface area contributed by atoms with Gasteiger partial charge in [-0.15, -0.1) is 0 Å². The molecule has 20 heavy (non-hydrogen) atoms. The van der Waals surface area contributed by atoms with E-state index in [0.29, 0.717) is 12.8 Å². The van der Waals surface area contributed by atoms with Crippen LogP contribution < -0.4 is 0 Å². The van der Waals surface area contributed by atoms with Crippen LogP contribution in [0.2, 0.25) is 0 Å². The monoisotopic (exact) mass is 298 g/mol. The number of sulfone groups is 1. The summed E-state index contributed by atoms with van der Waals surface area (Å²) in [6.07, 6.45) is 4.02. The lowest BCUT2D eigenvalue weighted by atomic mass is 10.0. The SMILES string of the molecule is O=C(Cc1ccccc1F)CS(=O)(=O)C1CCCCC1. The topological polar surface area (TPSA) is 51.2 Å². The quantitative estimate of drug-likeness (QED) is 0.840. The Morgan fingerprint density at radius 1 is 1.15 bits per heavy atom. The first-order valence-corrected chi connectivity index (χ1v) is 8.67. The van der Waals surface area contributed by atoms with Crippen molar-refractivity contribution in [1.29, 1.82) is 0 Å². The van der Waals surface area contributed by atoms with Gasteiger partial charge in [0.25, 0.3) is 0 Å². The third kappa shape index (κ3) is 3.88. The van der Waals surface area contributed by atoms with Gasteiger partial charge in [0.15, 0.2) is 15.6 Å². The summed E-state index contributed by atoms with van der Waals surface area (Å²) in [5, 5.41) is -0.388. The second kappa shape index (κ2) is 6.48. The Hall–Kier alpha value is -1.23. The summed E-state index contributed by atoms with van der Waals surface area (Å²) in [6.45, 7) is 0. The van der Waals surface area contributed by atoms with Crippen LogP contribution in [0.25, 0.3) is 0 Å². The van der Waals surface area contributed by atoms with Gasteiger partial charge >= 0.3 is 0 Å². The number of Topliss-reactive ketones (excluding diaryl/α,β-unsaturated/α-hetero) is 1. The summed E-state index contributed by atoms with van der Waals surface area (Å²) < 4.78 is 37.7. The minimum absolute atomic E-state index is 0.154. The molecule has 0 saturated heterocycles. The number of rotatable bonds is 5. The number of carbonyl (C=O) groups is 1. The summed E-state index contributed by atoms with van der Waals surface area (Å²) in [7, 11) is -3.39. The lowest BCUT2D eigenvalue weighted by Crippen LogP contribution is -2.30. The zero-order valence-corrected chi connectivity index (χ0v) is 12.2. The largest absolute Gasteiger partial charge is 0.298 e. The van der Waals surface area contributed by atoms with E-state index in [9.17, 15) is 17.6 Å². The standard InChI is InChI=1S/C15H19FO3S/c16-15-9-5-4-6-12(15)10-13(17)11-20(18,19)14-7-2-1-3-8-14/h4-6,9,14H,1-3,7-8,10-11H2. The van der Waals surface area contributed by atoms with Crippen molar-refractivity contribution in [2.45, 2.75) is 43.8 Å². The van der Waals surface area contributed by atoms with E-state index in [0.717, 1.165) is 19.3 Å². The van der Waals surface area contributed by atoms with E-state index in [4.69, 9.17) is 0 Å². The number of halogens is 1. The predicted octanol–water partition coefficient (Wildman–Crippen LogP) is 2.68. The number of ketones is 1. The van der Waals surface area contributed by atoms with Gasteiger partial charge in [0.05, 0.1) is 5.25 Å². The Labute approximate surface area is 119 Å². The molecular formula is C15H19FO3S. The summed E-state index contributed by atoms with van der Waals surface area (Å²) in [5.41, 5.74) is 0.261. The number of carbonyl (C=O) groups excluding carboxylic acids is 1. The maximum atomic E-state index is 13.4. The Morgan fingerprint density at radius 3 is 2.45 bits per heavy atom. The highest BCUT2D eigenvalue weighted by atomic mass is 32.2. The minimum Gasteiger partial charge on any atom is -0.298 e. The third-order valence-corrected chi connectivity index (χ3v) is 5.98. The molecule has 0 radical (unpaired) electrons. The number of hydrogen-bond donors (Lipinski definition) is 0. The average Bonchev–Trinajstić information content (AvgIpc) is 2.42. The van der Waals surface area contributed by atoms with Crippen molar-refractivity contribution in [2.24, 2.45) is 0 Å². The van der Waals surface area contributed by atoms with Crippen LogP contribution in [0, 0.1) is 5.82 Å². The Bertz CT molecular complexity index is 575. The average molecular weight is 298 g/mol. The van der Waals surface area contributed by atoms with Crippen LogP contribution in [-0.4, -0.2) is 25.2 Å². The number of hydrogen-bond acceptors (Lipinski definition) is 3. The van der Waals surface area contributed by atoms with Crippen molar-refractivity contribution in [3.8, 4) is 0 Å². The smallest absolute Gasteiger partial charge is 0.160 e. The molecule has 1 aromatic carbocycles.